The van der Waals surface area contributed by atoms with Crippen LogP contribution in [0.4, 0.5) is 17.1 Å². The topological polar surface area (TPSA) is 16.4 Å². The molecule has 0 saturated heterocycles. The lowest BCUT2D eigenvalue weighted by Crippen LogP contribution is -2.12. The molecule has 0 aliphatic rings. The Balaban J connectivity index is 1.08. The lowest BCUT2D eigenvalue weighted by atomic mass is 9.91. The van der Waals surface area contributed by atoms with E-state index in [1.807, 2.05) is 23.5 Å². The zero-order valence-electron chi connectivity index (χ0n) is 33.1. The van der Waals surface area contributed by atoms with Gasteiger partial charge in [0.15, 0.2) is 0 Å². The summed E-state index contributed by atoms with van der Waals surface area (Å²) in [4.78, 5) is 2.46. The fraction of sp³-hybridized carbons (Fsp3) is 0. The highest BCUT2D eigenvalue weighted by atomic mass is 32.1. The first kappa shape index (κ1) is 35.2. The maximum atomic E-state index is 6.50. The fourth-order valence-corrected chi connectivity index (χ4v) is 10.4. The Morgan fingerprint density at radius 2 is 0.902 bits per heavy atom. The maximum Gasteiger partial charge on any atom is 0.143 e. The van der Waals surface area contributed by atoms with Gasteiger partial charge in [0.25, 0.3) is 0 Å². The molecule has 0 saturated carbocycles. The van der Waals surface area contributed by atoms with Crippen molar-refractivity contribution in [2.45, 2.75) is 0 Å². The van der Waals surface area contributed by atoms with Crippen LogP contribution in [0.1, 0.15) is 0 Å². The zero-order chi connectivity index (χ0) is 40.3. The summed E-state index contributed by atoms with van der Waals surface area (Å²) >= 11 is 1.86. The molecular weight excluding hydrogens is 759 g/mol. The molecule has 0 N–H and O–H groups in total. The standard InChI is InChI=1S/C58H37NOS/c1-2-16-40-37-41(32-31-38(40)15-1)43-17-3-4-18-45(43)46-19-5-9-26-52(46)59(42-35-33-39(34-36-42)44-23-13-25-50-48-21-7-11-28-54(48)60-58(44)50)53-27-10-6-20-47(53)49-24-14-30-56-57(49)51-22-8-12-29-55(51)61-56/h1-37H. The number of para-hydroxylation sites is 4. The van der Waals surface area contributed by atoms with Crippen molar-refractivity contribution in [1.29, 1.82) is 0 Å². The average Bonchev–Trinajstić information content (AvgIpc) is 3.91. The molecule has 0 bridgehead atoms. The number of nitrogens with zero attached hydrogens (tertiary/aromatic N) is 1. The summed E-state index contributed by atoms with van der Waals surface area (Å²) in [5.41, 5.74) is 14.3. The SMILES string of the molecule is c1ccc(-c2ccccc2N(c2ccc(-c3cccc4c3oc3ccccc34)cc2)c2ccccc2-c2cccc3sc4ccccc4c23)c(-c2ccc3ccccc3c2)c1. The summed E-state index contributed by atoms with van der Waals surface area (Å²) < 4.78 is 9.09. The molecule has 0 spiro atoms. The van der Waals surface area contributed by atoms with Gasteiger partial charge in [0.2, 0.25) is 0 Å². The highest BCUT2D eigenvalue weighted by Crippen LogP contribution is 2.49. The molecule has 12 rings (SSSR count). The summed E-state index contributed by atoms with van der Waals surface area (Å²) in [5.74, 6) is 0. The Morgan fingerprint density at radius 3 is 1.72 bits per heavy atom. The summed E-state index contributed by atoms with van der Waals surface area (Å²) in [7, 11) is 0. The van der Waals surface area contributed by atoms with E-state index < -0.39 is 0 Å². The Kier molecular flexibility index (Phi) is 8.39. The molecule has 61 heavy (non-hydrogen) atoms. The predicted molar refractivity (Wildman–Crippen MR) is 261 cm³/mol. The van der Waals surface area contributed by atoms with Crippen LogP contribution in [0.25, 0.3) is 97.4 Å². The molecule has 2 heterocycles. The molecule has 12 aromatic rings. The molecule has 0 aliphatic heterocycles. The molecule has 0 amide bonds. The van der Waals surface area contributed by atoms with Gasteiger partial charge in [-0.3, -0.25) is 0 Å². The number of hydrogen-bond donors (Lipinski definition) is 0. The van der Waals surface area contributed by atoms with Crippen molar-refractivity contribution in [2.24, 2.45) is 0 Å². The summed E-state index contributed by atoms with van der Waals surface area (Å²) in [6, 6.07) is 81.3. The van der Waals surface area contributed by atoms with E-state index in [0.717, 1.165) is 55.7 Å². The first-order valence-corrected chi connectivity index (χ1v) is 21.6. The molecule has 0 fully saturated rings. The van der Waals surface area contributed by atoms with Gasteiger partial charge in [-0.05, 0) is 87.1 Å². The van der Waals surface area contributed by atoms with E-state index in [1.165, 1.54) is 58.8 Å². The van der Waals surface area contributed by atoms with Gasteiger partial charge in [0.1, 0.15) is 11.2 Å². The van der Waals surface area contributed by atoms with Gasteiger partial charge in [-0.25, -0.2) is 0 Å². The van der Waals surface area contributed by atoms with Crippen LogP contribution in [0, 0.1) is 0 Å². The lowest BCUT2D eigenvalue weighted by Gasteiger charge is -2.30. The Bertz CT molecular complexity index is 3610. The smallest absolute Gasteiger partial charge is 0.143 e. The van der Waals surface area contributed by atoms with Gasteiger partial charge in [0.05, 0.1) is 11.4 Å². The highest BCUT2D eigenvalue weighted by molar-refractivity contribution is 7.25. The number of anilines is 3. The van der Waals surface area contributed by atoms with Gasteiger partial charge in [0, 0.05) is 53.3 Å². The first-order chi connectivity index (χ1) is 30.3. The van der Waals surface area contributed by atoms with E-state index in [9.17, 15) is 0 Å². The van der Waals surface area contributed by atoms with Gasteiger partial charge < -0.3 is 9.32 Å². The molecule has 3 heteroatoms. The van der Waals surface area contributed by atoms with Crippen LogP contribution in [0.3, 0.4) is 0 Å². The highest BCUT2D eigenvalue weighted by Gasteiger charge is 2.23. The second-order valence-electron chi connectivity index (χ2n) is 15.6. The van der Waals surface area contributed by atoms with Gasteiger partial charge >= 0.3 is 0 Å². The lowest BCUT2D eigenvalue weighted by molar-refractivity contribution is 0.670. The Labute approximate surface area is 357 Å². The van der Waals surface area contributed by atoms with Crippen molar-refractivity contribution in [3.8, 4) is 44.5 Å². The number of hydrogen-bond acceptors (Lipinski definition) is 3. The van der Waals surface area contributed by atoms with Crippen molar-refractivity contribution in [1.82, 2.24) is 0 Å². The monoisotopic (exact) mass is 795 g/mol. The van der Waals surface area contributed by atoms with E-state index in [4.69, 9.17) is 4.42 Å². The average molecular weight is 796 g/mol. The normalized spacial score (nSPS) is 11.6. The summed E-state index contributed by atoms with van der Waals surface area (Å²) in [5, 5.41) is 7.30. The van der Waals surface area contributed by atoms with E-state index in [2.05, 4.69) is 217 Å². The third-order valence-electron chi connectivity index (χ3n) is 12.1. The number of benzene rings is 10. The largest absolute Gasteiger partial charge is 0.455 e. The molecule has 0 aliphatic carbocycles. The molecule has 10 aromatic carbocycles. The maximum absolute atomic E-state index is 6.50. The van der Waals surface area contributed by atoms with Gasteiger partial charge in [-0.1, -0.05) is 176 Å². The minimum Gasteiger partial charge on any atom is -0.455 e. The molecule has 2 aromatic heterocycles. The molecular formula is C58H37NOS. The molecule has 0 unspecified atom stereocenters. The van der Waals surface area contributed by atoms with Crippen LogP contribution in [-0.2, 0) is 0 Å². The minimum absolute atomic E-state index is 0.901. The summed E-state index contributed by atoms with van der Waals surface area (Å²) in [6.07, 6.45) is 0. The second-order valence-corrected chi connectivity index (χ2v) is 16.7. The molecule has 0 radical (unpaired) electrons. The van der Waals surface area contributed by atoms with Gasteiger partial charge in [-0.15, -0.1) is 11.3 Å². The van der Waals surface area contributed by atoms with Crippen LogP contribution >= 0.6 is 11.3 Å². The van der Waals surface area contributed by atoms with Crippen LogP contribution < -0.4 is 4.90 Å². The molecule has 0 atom stereocenters. The molecule has 286 valence electrons. The predicted octanol–water partition coefficient (Wildman–Crippen LogP) is 17.2. The van der Waals surface area contributed by atoms with Crippen LogP contribution in [0.5, 0.6) is 0 Å². The van der Waals surface area contributed by atoms with Crippen molar-refractivity contribution < 1.29 is 4.42 Å². The van der Waals surface area contributed by atoms with E-state index in [1.54, 1.807) is 0 Å². The third-order valence-corrected chi connectivity index (χ3v) is 13.2. The number of fused-ring (bicyclic) bond motifs is 7. The van der Waals surface area contributed by atoms with Crippen molar-refractivity contribution in [3.05, 3.63) is 224 Å². The fourth-order valence-electron chi connectivity index (χ4n) is 9.29. The Hall–Kier alpha value is -7.72. The van der Waals surface area contributed by atoms with E-state index in [0.29, 0.717) is 0 Å². The van der Waals surface area contributed by atoms with Crippen molar-refractivity contribution >= 4 is 81.3 Å². The van der Waals surface area contributed by atoms with E-state index >= 15 is 0 Å². The quantitative estimate of drug-likeness (QED) is 0.160. The first-order valence-electron chi connectivity index (χ1n) is 20.7. The second kappa shape index (κ2) is 14.5. The third kappa shape index (κ3) is 5.93. The van der Waals surface area contributed by atoms with E-state index in [-0.39, 0.29) is 0 Å². The number of thiophene rings is 1. The van der Waals surface area contributed by atoms with Crippen LogP contribution in [-0.4, -0.2) is 0 Å². The zero-order valence-corrected chi connectivity index (χ0v) is 33.9. The summed E-state index contributed by atoms with van der Waals surface area (Å²) in [6.45, 7) is 0. The Morgan fingerprint density at radius 1 is 0.344 bits per heavy atom. The number of furan rings is 1. The van der Waals surface area contributed by atoms with Gasteiger partial charge in [-0.2, -0.15) is 0 Å². The molecule has 2 nitrogen and oxygen atoms in total. The van der Waals surface area contributed by atoms with Crippen LogP contribution in [0.2, 0.25) is 0 Å². The van der Waals surface area contributed by atoms with Crippen molar-refractivity contribution in [2.75, 3.05) is 4.90 Å². The van der Waals surface area contributed by atoms with Crippen molar-refractivity contribution in [3.63, 3.8) is 0 Å². The minimum atomic E-state index is 0.901. The number of rotatable bonds is 7. The van der Waals surface area contributed by atoms with Crippen LogP contribution in [0.15, 0.2) is 229 Å².